The van der Waals surface area contributed by atoms with Gasteiger partial charge in [0.2, 0.25) is 15.9 Å². The topological polar surface area (TPSA) is 102 Å². The van der Waals surface area contributed by atoms with Crippen molar-refractivity contribution in [2.45, 2.75) is 18.2 Å². The minimum Gasteiger partial charge on any atom is -0.385 e. The highest BCUT2D eigenvalue weighted by Crippen LogP contribution is 2.17. The molecule has 0 fully saturated rings. The Labute approximate surface area is 151 Å². The quantitative estimate of drug-likeness (QED) is 0.661. The van der Waals surface area contributed by atoms with Crippen LogP contribution in [0.25, 0.3) is 0 Å². The van der Waals surface area contributed by atoms with Crippen LogP contribution in [-0.4, -0.2) is 50.6 Å². The van der Waals surface area contributed by atoms with Gasteiger partial charge in [-0.2, -0.15) is 4.31 Å². The number of carbonyl (C=O) groups is 1. The number of sulfonamides is 1. The predicted octanol–water partition coefficient (Wildman–Crippen LogP) is 1.79. The number of nitrogens with one attached hydrogen (secondary N) is 1. The van der Waals surface area contributed by atoms with Crippen LogP contribution in [0, 0.1) is 12.7 Å². The first kappa shape index (κ1) is 20.0. The van der Waals surface area contributed by atoms with Crippen molar-refractivity contribution >= 4 is 21.7 Å². The number of halogens is 1. The first-order valence-electron chi connectivity index (χ1n) is 7.81. The fourth-order valence-electron chi connectivity index (χ4n) is 2.19. The number of aryl methyl sites for hydroxylation is 1. The Morgan fingerprint density at radius 2 is 2.04 bits per heavy atom. The van der Waals surface area contributed by atoms with Crippen LogP contribution in [-0.2, 0) is 19.6 Å². The molecule has 0 radical (unpaired) electrons. The minimum absolute atomic E-state index is 0.0683. The fourth-order valence-corrected chi connectivity index (χ4v) is 3.63. The van der Waals surface area contributed by atoms with Gasteiger partial charge in [0.15, 0.2) is 5.82 Å². The molecule has 0 aliphatic heterocycles. The lowest BCUT2D eigenvalue weighted by atomic mass is 10.4. The maximum absolute atomic E-state index is 13.1. The molecule has 1 aromatic carbocycles. The van der Waals surface area contributed by atoms with E-state index >= 15 is 0 Å². The highest BCUT2D eigenvalue weighted by atomic mass is 32.2. The number of nitrogens with zero attached hydrogens (tertiary/aromatic N) is 2. The van der Waals surface area contributed by atoms with E-state index in [1.807, 2.05) is 0 Å². The molecule has 0 saturated carbocycles. The van der Waals surface area contributed by atoms with Crippen molar-refractivity contribution in [2.75, 3.05) is 32.1 Å². The van der Waals surface area contributed by atoms with Crippen molar-refractivity contribution in [1.82, 2.24) is 9.46 Å². The molecular formula is C16H20FN3O5S. The van der Waals surface area contributed by atoms with E-state index in [2.05, 4.69) is 10.5 Å². The maximum atomic E-state index is 13.1. The smallest absolute Gasteiger partial charge is 0.243 e. The standard InChI is InChI=1S/C16H20FN3O5S/c1-12-10-15(19-25-12)18-16(21)11-20(8-3-9-24-2)26(22,23)14-6-4-13(17)5-7-14/h4-7,10H,3,8-9,11H2,1-2H3,(H,18,19,21). The number of rotatable bonds is 9. The van der Waals surface area contributed by atoms with Gasteiger partial charge in [0.1, 0.15) is 11.6 Å². The van der Waals surface area contributed by atoms with E-state index in [9.17, 15) is 17.6 Å². The Morgan fingerprint density at radius 3 is 2.62 bits per heavy atom. The van der Waals surface area contributed by atoms with E-state index in [-0.39, 0.29) is 17.3 Å². The largest absolute Gasteiger partial charge is 0.385 e. The summed E-state index contributed by atoms with van der Waals surface area (Å²) in [5.74, 6) is -0.407. The summed E-state index contributed by atoms with van der Waals surface area (Å²) in [6.07, 6.45) is 0.396. The molecule has 142 valence electrons. The van der Waals surface area contributed by atoms with Crippen molar-refractivity contribution in [2.24, 2.45) is 0 Å². The minimum atomic E-state index is -3.97. The van der Waals surface area contributed by atoms with Crippen molar-refractivity contribution < 1.29 is 26.9 Å². The normalized spacial score (nSPS) is 11.7. The molecule has 0 unspecified atom stereocenters. The van der Waals surface area contributed by atoms with Crippen LogP contribution < -0.4 is 5.32 Å². The molecule has 1 amide bonds. The number of anilines is 1. The summed E-state index contributed by atoms with van der Waals surface area (Å²) in [5.41, 5.74) is 0. The maximum Gasteiger partial charge on any atom is 0.243 e. The number of benzene rings is 1. The summed E-state index contributed by atoms with van der Waals surface area (Å²) in [5, 5.41) is 6.11. The Kier molecular flexibility index (Phi) is 6.83. The Hall–Kier alpha value is -2.30. The van der Waals surface area contributed by atoms with Gasteiger partial charge in [-0.05, 0) is 37.6 Å². The predicted molar refractivity (Wildman–Crippen MR) is 91.5 cm³/mol. The van der Waals surface area contributed by atoms with E-state index in [1.54, 1.807) is 6.92 Å². The molecule has 2 rings (SSSR count). The van der Waals surface area contributed by atoms with E-state index in [1.165, 1.54) is 13.2 Å². The Bertz CT molecular complexity index is 836. The lowest BCUT2D eigenvalue weighted by Gasteiger charge is -2.21. The molecule has 1 aromatic heterocycles. The van der Waals surface area contributed by atoms with Gasteiger partial charge >= 0.3 is 0 Å². The van der Waals surface area contributed by atoms with Crippen molar-refractivity contribution in [3.63, 3.8) is 0 Å². The molecule has 0 spiro atoms. The first-order chi connectivity index (χ1) is 12.3. The second-order valence-electron chi connectivity index (χ2n) is 5.51. The van der Waals surface area contributed by atoms with Gasteiger partial charge in [-0.1, -0.05) is 5.16 Å². The van der Waals surface area contributed by atoms with Gasteiger partial charge in [0, 0.05) is 26.3 Å². The summed E-state index contributed by atoms with van der Waals surface area (Å²) >= 11 is 0. The van der Waals surface area contributed by atoms with Crippen LogP contribution in [0.5, 0.6) is 0 Å². The van der Waals surface area contributed by atoms with E-state index in [0.717, 1.165) is 28.6 Å². The van der Waals surface area contributed by atoms with Crippen LogP contribution in [0.3, 0.4) is 0 Å². The number of hydrogen-bond donors (Lipinski definition) is 1. The van der Waals surface area contributed by atoms with Gasteiger partial charge in [0.25, 0.3) is 0 Å². The molecule has 8 nitrogen and oxygen atoms in total. The third-order valence-electron chi connectivity index (χ3n) is 3.42. The SMILES string of the molecule is COCCCN(CC(=O)Nc1cc(C)on1)S(=O)(=O)c1ccc(F)cc1. The monoisotopic (exact) mass is 385 g/mol. The molecule has 1 N–H and O–H groups in total. The van der Waals surface area contributed by atoms with Gasteiger partial charge in [-0.25, -0.2) is 12.8 Å². The van der Waals surface area contributed by atoms with Gasteiger partial charge in [0.05, 0.1) is 11.4 Å². The zero-order valence-electron chi connectivity index (χ0n) is 14.4. The van der Waals surface area contributed by atoms with Crippen molar-refractivity contribution in [3.8, 4) is 0 Å². The van der Waals surface area contributed by atoms with Crippen LogP contribution in [0.15, 0.2) is 39.8 Å². The van der Waals surface area contributed by atoms with E-state index in [0.29, 0.717) is 18.8 Å². The molecule has 10 heteroatoms. The number of aromatic nitrogens is 1. The van der Waals surface area contributed by atoms with Crippen LogP contribution in [0.4, 0.5) is 10.2 Å². The molecule has 0 aliphatic rings. The highest BCUT2D eigenvalue weighted by molar-refractivity contribution is 7.89. The summed E-state index contributed by atoms with van der Waals surface area (Å²) in [6.45, 7) is 1.65. The third-order valence-corrected chi connectivity index (χ3v) is 5.28. The zero-order chi connectivity index (χ0) is 19.2. The summed E-state index contributed by atoms with van der Waals surface area (Å²) < 4.78 is 49.4. The molecule has 1 heterocycles. The lowest BCUT2D eigenvalue weighted by molar-refractivity contribution is -0.116. The van der Waals surface area contributed by atoms with Crippen molar-refractivity contribution in [3.05, 3.63) is 41.9 Å². The zero-order valence-corrected chi connectivity index (χ0v) is 15.3. The second-order valence-corrected chi connectivity index (χ2v) is 7.45. The summed E-state index contributed by atoms with van der Waals surface area (Å²) in [6, 6.07) is 5.94. The van der Waals surface area contributed by atoms with Crippen molar-refractivity contribution in [1.29, 1.82) is 0 Å². The average molecular weight is 385 g/mol. The summed E-state index contributed by atoms with van der Waals surface area (Å²) in [4.78, 5) is 12.1. The second kappa shape index (κ2) is 8.88. The lowest BCUT2D eigenvalue weighted by Crippen LogP contribution is -2.39. The Balaban J connectivity index is 2.15. The van der Waals surface area contributed by atoms with Gasteiger partial charge in [-0.15, -0.1) is 0 Å². The average Bonchev–Trinajstić information content (AvgIpc) is 2.99. The van der Waals surface area contributed by atoms with Crippen LogP contribution in [0.2, 0.25) is 0 Å². The number of amides is 1. The highest BCUT2D eigenvalue weighted by Gasteiger charge is 2.26. The summed E-state index contributed by atoms with van der Waals surface area (Å²) in [7, 11) is -2.48. The van der Waals surface area contributed by atoms with E-state index < -0.39 is 28.3 Å². The number of hydrogen-bond acceptors (Lipinski definition) is 6. The molecule has 2 aromatic rings. The molecule has 0 aliphatic carbocycles. The van der Waals surface area contributed by atoms with Gasteiger partial charge in [-0.3, -0.25) is 4.79 Å². The number of ether oxygens (including phenoxy) is 1. The molecular weight excluding hydrogens is 365 g/mol. The Morgan fingerprint density at radius 1 is 1.35 bits per heavy atom. The number of carbonyl (C=O) groups excluding carboxylic acids is 1. The van der Waals surface area contributed by atoms with Gasteiger partial charge < -0.3 is 14.6 Å². The molecule has 0 saturated heterocycles. The first-order valence-corrected chi connectivity index (χ1v) is 9.25. The fraction of sp³-hybridized carbons (Fsp3) is 0.375. The molecule has 26 heavy (non-hydrogen) atoms. The number of methoxy groups -OCH3 is 1. The van der Waals surface area contributed by atoms with Crippen LogP contribution >= 0.6 is 0 Å². The molecule has 0 bridgehead atoms. The van der Waals surface area contributed by atoms with Crippen LogP contribution in [0.1, 0.15) is 12.2 Å². The van der Waals surface area contributed by atoms with E-state index in [4.69, 9.17) is 9.26 Å². The molecule has 0 atom stereocenters. The third kappa shape index (κ3) is 5.35.